The van der Waals surface area contributed by atoms with Crippen molar-refractivity contribution in [3.05, 3.63) is 41.4 Å². The van der Waals surface area contributed by atoms with Crippen molar-refractivity contribution in [2.45, 2.75) is 5.44 Å². The Morgan fingerprint density at radius 1 is 1.50 bits per heavy atom. The van der Waals surface area contributed by atoms with E-state index in [1.165, 1.54) is 19.4 Å². The van der Waals surface area contributed by atoms with Crippen LogP contribution in [-0.4, -0.2) is 25.2 Å². The van der Waals surface area contributed by atoms with E-state index in [4.69, 9.17) is 0 Å². The summed E-state index contributed by atoms with van der Waals surface area (Å²) in [7, 11) is -3.52. The van der Waals surface area contributed by atoms with Crippen molar-refractivity contribution in [3.63, 3.8) is 0 Å². The average Bonchev–Trinajstić information content (AvgIpc) is 2.26. The molecule has 18 heavy (non-hydrogen) atoms. The summed E-state index contributed by atoms with van der Waals surface area (Å²) < 4.78 is 49.6. The van der Waals surface area contributed by atoms with Crippen LogP contribution in [0, 0.1) is 5.82 Å². The first kappa shape index (κ1) is 17.6. The Hall–Kier alpha value is -0.440. The fourth-order valence-electron chi connectivity index (χ4n) is 1.15. The van der Waals surface area contributed by atoms with Crippen LogP contribution in [0.25, 0.3) is 6.08 Å². The summed E-state index contributed by atoms with van der Waals surface area (Å²) in [5, 5.41) is 9.22. The van der Waals surface area contributed by atoms with E-state index in [9.17, 15) is 22.5 Å². The molecule has 1 aromatic carbocycles. The third kappa shape index (κ3) is 4.68. The molecule has 0 bridgehead atoms. The summed E-state index contributed by atoms with van der Waals surface area (Å²) in [6.07, 6.45) is 2.42. The molecule has 8 heteroatoms. The molecule has 1 unspecified atom stereocenters. The zero-order chi connectivity index (χ0) is 13.1. The van der Waals surface area contributed by atoms with Gasteiger partial charge in [0.15, 0.2) is 5.44 Å². The topological polar surface area (TPSA) is 86.7 Å². The van der Waals surface area contributed by atoms with E-state index in [2.05, 4.69) is 4.74 Å². The molecule has 5 nitrogen and oxygen atoms in total. The van der Waals surface area contributed by atoms with Gasteiger partial charge in [0, 0.05) is 5.56 Å². The van der Waals surface area contributed by atoms with Crippen LogP contribution >= 0.6 is 0 Å². The van der Waals surface area contributed by atoms with Crippen LogP contribution in [0.4, 0.5) is 4.39 Å². The normalized spacial score (nSPS) is 13.1. The molecular formula is C10H10FNaO5S. The third-order valence-corrected chi connectivity index (χ3v) is 2.78. The quantitative estimate of drug-likeness (QED) is 0.392. The number of benzene rings is 1. The molecule has 0 aliphatic heterocycles. The van der Waals surface area contributed by atoms with E-state index in [0.29, 0.717) is 0 Å². The smallest absolute Gasteiger partial charge is 0.746 e. The van der Waals surface area contributed by atoms with Gasteiger partial charge < -0.3 is 14.4 Å². The van der Waals surface area contributed by atoms with Crippen molar-refractivity contribution in [1.82, 2.24) is 0 Å². The van der Waals surface area contributed by atoms with Crippen molar-refractivity contribution < 1.29 is 56.8 Å². The Morgan fingerprint density at radius 2 is 2.11 bits per heavy atom. The van der Waals surface area contributed by atoms with Crippen molar-refractivity contribution in [3.8, 4) is 0 Å². The Morgan fingerprint density at radius 3 is 2.61 bits per heavy atom. The van der Waals surface area contributed by atoms with E-state index >= 15 is 0 Å². The van der Waals surface area contributed by atoms with Crippen LogP contribution < -0.4 is 29.6 Å². The van der Waals surface area contributed by atoms with Gasteiger partial charge >= 0.3 is 29.6 Å². The molecule has 1 aromatic rings. The summed E-state index contributed by atoms with van der Waals surface area (Å²) in [6.45, 7) is 0. The largest absolute Gasteiger partial charge is 1.00 e. The molecule has 0 aromatic heterocycles. The Bertz CT molecular complexity index is 529. The van der Waals surface area contributed by atoms with Crippen LogP contribution in [0.5, 0.6) is 0 Å². The Labute approximate surface area is 126 Å². The summed E-state index contributed by atoms with van der Waals surface area (Å²) in [6, 6.07) is 3.05. The monoisotopic (exact) mass is 284 g/mol. The molecule has 0 fully saturated rings. The Balaban J connectivity index is 0.00000289. The molecular weight excluding hydrogens is 274 g/mol. The molecule has 0 amide bonds. The molecule has 0 heterocycles. The summed E-state index contributed by atoms with van der Waals surface area (Å²) >= 11 is 0. The van der Waals surface area contributed by atoms with Gasteiger partial charge in [0.25, 0.3) is 0 Å². The minimum Gasteiger partial charge on any atom is -0.746 e. The van der Waals surface area contributed by atoms with Gasteiger partial charge in [-0.2, -0.15) is 0 Å². The maximum Gasteiger partial charge on any atom is 1.00 e. The number of methoxy groups -OCH3 is 1. The molecule has 1 atom stereocenters. The molecule has 0 aliphatic carbocycles. The second-order valence-corrected chi connectivity index (χ2v) is 4.60. The van der Waals surface area contributed by atoms with Crippen LogP contribution in [0.15, 0.2) is 24.5 Å². The molecule has 0 spiro atoms. The van der Waals surface area contributed by atoms with Gasteiger partial charge in [-0.3, -0.25) is 0 Å². The van der Waals surface area contributed by atoms with E-state index in [1.54, 1.807) is 0 Å². The zero-order valence-corrected chi connectivity index (χ0v) is 12.6. The van der Waals surface area contributed by atoms with E-state index in [-0.39, 0.29) is 40.7 Å². The number of hydrogen-bond acceptors (Lipinski definition) is 5. The number of halogens is 1. The SMILES string of the molecule is COC=Cc1cc(C(O)S(=O)(=O)[O-])ccc1F.[Na+]. The number of hydrogen-bond donors (Lipinski definition) is 1. The van der Waals surface area contributed by atoms with E-state index in [1.807, 2.05) is 0 Å². The maximum absolute atomic E-state index is 13.2. The van der Waals surface area contributed by atoms with Crippen molar-refractivity contribution in [2.75, 3.05) is 7.11 Å². The second-order valence-electron chi connectivity index (χ2n) is 3.16. The van der Waals surface area contributed by atoms with Gasteiger partial charge in [-0.05, 0) is 23.8 Å². The first-order valence-electron chi connectivity index (χ1n) is 4.48. The minimum atomic E-state index is -4.88. The van der Waals surface area contributed by atoms with Crippen molar-refractivity contribution in [2.24, 2.45) is 0 Å². The second kappa shape index (κ2) is 7.22. The molecule has 94 valence electrons. The van der Waals surface area contributed by atoms with Gasteiger partial charge in [-0.1, -0.05) is 6.07 Å². The number of aliphatic hydroxyl groups excluding tert-OH is 1. The zero-order valence-electron chi connectivity index (χ0n) is 9.83. The molecule has 1 N–H and O–H groups in total. The number of ether oxygens (including phenoxy) is 1. The Kier molecular flexibility index (Phi) is 7.05. The first-order valence-corrected chi connectivity index (χ1v) is 5.95. The predicted octanol–water partition coefficient (Wildman–Crippen LogP) is -2.02. The van der Waals surface area contributed by atoms with Gasteiger partial charge in [0.2, 0.25) is 0 Å². The maximum atomic E-state index is 13.2. The van der Waals surface area contributed by atoms with Crippen LogP contribution in [0.3, 0.4) is 0 Å². The fraction of sp³-hybridized carbons (Fsp3) is 0.200. The minimum absolute atomic E-state index is 0. The molecule has 1 rings (SSSR count). The van der Waals surface area contributed by atoms with Gasteiger partial charge in [0.1, 0.15) is 15.9 Å². The first-order chi connectivity index (χ1) is 7.86. The van der Waals surface area contributed by atoms with Gasteiger partial charge in [-0.15, -0.1) is 0 Å². The third-order valence-electron chi connectivity index (χ3n) is 1.96. The standard InChI is InChI=1S/C10H11FO5S.Na/c1-16-5-4-7-6-8(2-3-9(7)11)10(12)17(13,14)15;/h2-6,10,12H,1H3,(H,13,14,15);/q;+1/p-1. The molecule has 0 saturated carbocycles. The van der Waals surface area contributed by atoms with E-state index in [0.717, 1.165) is 18.2 Å². The average molecular weight is 284 g/mol. The van der Waals surface area contributed by atoms with Crippen molar-refractivity contribution in [1.29, 1.82) is 0 Å². The van der Waals surface area contributed by atoms with E-state index < -0.39 is 21.4 Å². The predicted molar refractivity (Wildman–Crippen MR) is 57.1 cm³/mol. The molecule has 0 saturated heterocycles. The summed E-state index contributed by atoms with van der Waals surface area (Å²) in [4.78, 5) is 0. The number of aliphatic hydroxyl groups is 1. The van der Waals surface area contributed by atoms with Crippen LogP contribution in [0.2, 0.25) is 0 Å². The number of rotatable bonds is 4. The van der Waals surface area contributed by atoms with Gasteiger partial charge in [0.05, 0.1) is 13.4 Å². The van der Waals surface area contributed by atoms with Crippen molar-refractivity contribution >= 4 is 16.2 Å². The summed E-state index contributed by atoms with van der Waals surface area (Å²) in [5.74, 6) is -0.627. The fourth-order valence-corrected chi connectivity index (χ4v) is 1.63. The van der Waals surface area contributed by atoms with Crippen LogP contribution in [-0.2, 0) is 14.9 Å². The molecule has 0 aliphatic rings. The molecule has 0 radical (unpaired) electrons. The summed E-state index contributed by atoms with van der Waals surface area (Å²) in [5.41, 5.74) is -2.40. The van der Waals surface area contributed by atoms with Gasteiger partial charge in [-0.25, -0.2) is 12.8 Å². The van der Waals surface area contributed by atoms with Crippen LogP contribution in [0.1, 0.15) is 16.6 Å².